The lowest BCUT2D eigenvalue weighted by Gasteiger charge is -2.21. The summed E-state index contributed by atoms with van der Waals surface area (Å²) >= 11 is 0. The van der Waals surface area contributed by atoms with E-state index in [1.54, 1.807) is 6.08 Å². The molecule has 0 bridgehead atoms. The normalized spacial score (nSPS) is 18.6. The number of allylic oxidation sites excluding steroid dienone is 2. The van der Waals surface area contributed by atoms with Crippen LogP contribution in [0.3, 0.4) is 0 Å². The number of aldehydes is 1. The van der Waals surface area contributed by atoms with Crippen molar-refractivity contribution in [2.24, 2.45) is 0 Å². The molecule has 0 fully saturated rings. The number of halogens is 2. The predicted molar refractivity (Wildman–Crippen MR) is 63.0 cm³/mol. The molecule has 1 aromatic carbocycles. The summed E-state index contributed by atoms with van der Waals surface area (Å²) in [6.45, 7) is 0. The van der Waals surface area contributed by atoms with E-state index in [1.165, 1.54) is 0 Å². The Hall–Kier alpha value is -1.51. The van der Waals surface area contributed by atoms with Crippen molar-refractivity contribution in [2.45, 2.75) is 31.6 Å². The minimum absolute atomic E-state index is 0.0745. The van der Waals surface area contributed by atoms with Crippen LogP contribution in [0, 0.1) is 0 Å². The van der Waals surface area contributed by atoms with Crippen LogP contribution < -0.4 is 0 Å². The van der Waals surface area contributed by atoms with Gasteiger partial charge in [0, 0.05) is 19.3 Å². The Morgan fingerprint density at radius 1 is 1.24 bits per heavy atom. The Kier molecular flexibility index (Phi) is 3.36. The second-order valence-corrected chi connectivity index (χ2v) is 4.36. The summed E-state index contributed by atoms with van der Waals surface area (Å²) in [5, 5.41) is 0. The van der Waals surface area contributed by atoms with Crippen LogP contribution >= 0.6 is 0 Å². The average molecular weight is 236 g/mol. The third-order valence-corrected chi connectivity index (χ3v) is 3.05. The lowest BCUT2D eigenvalue weighted by Crippen LogP contribution is -2.18. The van der Waals surface area contributed by atoms with Crippen molar-refractivity contribution in [1.82, 2.24) is 0 Å². The molecule has 0 amide bonds. The molecular weight excluding hydrogens is 222 g/mol. The van der Waals surface area contributed by atoms with Crippen LogP contribution in [-0.4, -0.2) is 12.2 Å². The third kappa shape index (κ3) is 2.99. The molecule has 0 saturated carbocycles. The van der Waals surface area contributed by atoms with Gasteiger partial charge in [0.25, 0.3) is 5.92 Å². The molecule has 90 valence electrons. The lowest BCUT2D eigenvalue weighted by molar-refractivity contribution is -0.107. The van der Waals surface area contributed by atoms with Crippen molar-refractivity contribution in [2.75, 3.05) is 0 Å². The van der Waals surface area contributed by atoms with Gasteiger partial charge >= 0.3 is 0 Å². The molecule has 0 N–H and O–H groups in total. The molecule has 1 aliphatic carbocycles. The summed E-state index contributed by atoms with van der Waals surface area (Å²) < 4.78 is 25.9. The van der Waals surface area contributed by atoms with E-state index >= 15 is 0 Å². The van der Waals surface area contributed by atoms with Crippen molar-refractivity contribution in [3.05, 3.63) is 41.5 Å². The quantitative estimate of drug-likeness (QED) is 0.732. The zero-order valence-corrected chi connectivity index (χ0v) is 9.46. The zero-order chi connectivity index (χ0) is 12.3. The van der Waals surface area contributed by atoms with Crippen molar-refractivity contribution >= 4 is 11.9 Å². The first-order valence-corrected chi connectivity index (χ1v) is 5.70. The van der Waals surface area contributed by atoms with Gasteiger partial charge < -0.3 is 4.79 Å². The van der Waals surface area contributed by atoms with Gasteiger partial charge in [-0.3, -0.25) is 0 Å². The van der Waals surface area contributed by atoms with Crippen LogP contribution in [0.2, 0.25) is 0 Å². The second kappa shape index (κ2) is 4.78. The Labute approximate surface area is 99.1 Å². The first kappa shape index (κ1) is 12.0. The summed E-state index contributed by atoms with van der Waals surface area (Å²) in [6, 6.07) is 7.54. The molecule has 0 aliphatic heterocycles. The van der Waals surface area contributed by atoms with Gasteiger partial charge in [-0.1, -0.05) is 30.3 Å². The molecular formula is C14H14F2O. The average Bonchev–Trinajstić information content (AvgIpc) is 2.31. The van der Waals surface area contributed by atoms with E-state index in [4.69, 9.17) is 0 Å². The summed E-state index contributed by atoms with van der Waals surface area (Å²) in [6.07, 6.45) is 3.05. The number of hydrogen-bond acceptors (Lipinski definition) is 1. The van der Waals surface area contributed by atoms with Gasteiger partial charge in [-0.05, 0) is 23.1 Å². The maximum Gasteiger partial charge on any atom is 0.251 e. The fraction of sp³-hybridized carbons (Fsp3) is 0.357. The molecule has 0 spiro atoms. The van der Waals surface area contributed by atoms with E-state index < -0.39 is 5.92 Å². The third-order valence-electron chi connectivity index (χ3n) is 3.05. The van der Waals surface area contributed by atoms with E-state index in [0.717, 1.165) is 23.0 Å². The highest BCUT2D eigenvalue weighted by atomic mass is 19.3. The summed E-state index contributed by atoms with van der Waals surface area (Å²) in [4.78, 5) is 10.3. The fourth-order valence-electron chi connectivity index (χ4n) is 2.01. The van der Waals surface area contributed by atoms with Gasteiger partial charge in [0.15, 0.2) is 0 Å². The lowest BCUT2D eigenvalue weighted by atomic mass is 9.91. The SMILES string of the molecule is O=CCc1ccc(C2=CCC(F)(F)CC2)cc1. The maximum absolute atomic E-state index is 13.0. The molecule has 1 nitrogen and oxygen atoms in total. The summed E-state index contributed by atoms with van der Waals surface area (Å²) in [5.41, 5.74) is 2.91. The van der Waals surface area contributed by atoms with E-state index in [2.05, 4.69) is 0 Å². The molecule has 0 radical (unpaired) electrons. The van der Waals surface area contributed by atoms with Crippen molar-refractivity contribution in [3.8, 4) is 0 Å². The topological polar surface area (TPSA) is 17.1 Å². The minimum atomic E-state index is -2.54. The van der Waals surface area contributed by atoms with Crippen LogP contribution in [0.15, 0.2) is 30.3 Å². The molecule has 3 heteroatoms. The molecule has 17 heavy (non-hydrogen) atoms. The van der Waals surface area contributed by atoms with Crippen LogP contribution in [0.25, 0.3) is 5.57 Å². The van der Waals surface area contributed by atoms with Crippen LogP contribution in [-0.2, 0) is 11.2 Å². The van der Waals surface area contributed by atoms with Crippen LogP contribution in [0.4, 0.5) is 8.78 Å². The standard InChI is InChI=1S/C14H14F2O/c15-14(16)8-5-13(6-9-14)12-3-1-11(2-4-12)7-10-17/h1-5,10H,6-9H2. The number of hydrogen-bond donors (Lipinski definition) is 0. The van der Waals surface area contributed by atoms with Crippen molar-refractivity contribution in [1.29, 1.82) is 0 Å². The predicted octanol–water partition coefficient (Wildman–Crippen LogP) is 3.63. The molecule has 2 rings (SSSR count). The van der Waals surface area contributed by atoms with Crippen LogP contribution in [0.5, 0.6) is 0 Å². The Bertz CT molecular complexity index is 432. The Balaban J connectivity index is 2.13. The van der Waals surface area contributed by atoms with Crippen LogP contribution in [0.1, 0.15) is 30.4 Å². The van der Waals surface area contributed by atoms with Gasteiger partial charge in [0.05, 0.1) is 0 Å². The largest absolute Gasteiger partial charge is 0.303 e. The number of carbonyl (C=O) groups excluding carboxylic acids is 1. The number of alkyl halides is 2. The molecule has 1 aliphatic rings. The summed E-state index contributed by atoms with van der Waals surface area (Å²) in [7, 11) is 0. The van der Waals surface area contributed by atoms with Crippen molar-refractivity contribution < 1.29 is 13.6 Å². The van der Waals surface area contributed by atoms with E-state index in [-0.39, 0.29) is 12.8 Å². The maximum atomic E-state index is 13.0. The van der Waals surface area contributed by atoms with E-state index in [0.29, 0.717) is 12.8 Å². The van der Waals surface area contributed by atoms with Gasteiger partial charge in [0.1, 0.15) is 6.29 Å². The first-order chi connectivity index (χ1) is 8.11. The minimum Gasteiger partial charge on any atom is -0.303 e. The van der Waals surface area contributed by atoms with Gasteiger partial charge in [-0.15, -0.1) is 0 Å². The molecule has 0 saturated heterocycles. The first-order valence-electron chi connectivity index (χ1n) is 5.70. The van der Waals surface area contributed by atoms with E-state index in [1.807, 2.05) is 24.3 Å². The fourth-order valence-corrected chi connectivity index (χ4v) is 2.01. The Morgan fingerprint density at radius 3 is 2.47 bits per heavy atom. The number of rotatable bonds is 3. The van der Waals surface area contributed by atoms with Gasteiger partial charge in [-0.25, -0.2) is 8.78 Å². The smallest absolute Gasteiger partial charge is 0.251 e. The molecule has 0 unspecified atom stereocenters. The molecule has 0 heterocycles. The number of carbonyl (C=O) groups is 1. The van der Waals surface area contributed by atoms with Crippen molar-refractivity contribution in [3.63, 3.8) is 0 Å². The molecule has 0 aromatic heterocycles. The zero-order valence-electron chi connectivity index (χ0n) is 9.46. The Morgan fingerprint density at radius 2 is 1.94 bits per heavy atom. The molecule has 1 aromatic rings. The highest BCUT2D eigenvalue weighted by molar-refractivity contribution is 5.67. The van der Waals surface area contributed by atoms with Gasteiger partial charge in [-0.2, -0.15) is 0 Å². The molecule has 0 atom stereocenters. The van der Waals surface area contributed by atoms with E-state index in [9.17, 15) is 13.6 Å². The summed E-state index contributed by atoms with van der Waals surface area (Å²) in [5.74, 6) is -2.54. The number of benzene rings is 1. The highest BCUT2D eigenvalue weighted by Crippen LogP contribution is 2.36. The monoisotopic (exact) mass is 236 g/mol. The van der Waals surface area contributed by atoms with Gasteiger partial charge in [0.2, 0.25) is 0 Å². The highest BCUT2D eigenvalue weighted by Gasteiger charge is 2.30. The second-order valence-electron chi connectivity index (χ2n) is 4.36.